The Balaban J connectivity index is 1.39. The second-order valence-electron chi connectivity index (χ2n) is 6.00. The number of thiophene rings is 1. The summed E-state index contributed by atoms with van der Waals surface area (Å²) in [5, 5.41) is 12.6. The van der Waals surface area contributed by atoms with Crippen LogP contribution in [0.4, 0.5) is 5.69 Å². The highest BCUT2D eigenvalue weighted by atomic mass is 32.1. The molecular formula is C18H18N4O2S. The van der Waals surface area contributed by atoms with Crippen molar-refractivity contribution in [1.29, 1.82) is 0 Å². The lowest BCUT2D eigenvalue weighted by atomic mass is 9.94. The molecule has 1 saturated heterocycles. The Kier molecular flexibility index (Phi) is 4.58. The average Bonchev–Trinajstić information content (AvgIpc) is 3.36. The number of nitrogens with one attached hydrogen (secondary N) is 1. The van der Waals surface area contributed by atoms with Gasteiger partial charge in [0.25, 0.3) is 0 Å². The quantitative estimate of drug-likeness (QED) is 0.779. The summed E-state index contributed by atoms with van der Waals surface area (Å²) in [5.41, 5.74) is 1.74. The van der Waals surface area contributed by atoms with E-state index in [0.717, 1.165) is 24.2 Å². The standard InChI is InChI=1S/C18H18N4O2S/c23-18(13-7-8-24-16(10-13)17-2-1-9-25-17)21-14-3-5-15(6-4-14)22-11-19-20-12-22/h1-6,9,11-13,16H,7-8,10H2,(H,21,23). The minimum atomic E-state index is -0.0293. The predicted octanol–water partition coefficient (Wildman–Crippen LogP) is 3.44. The van der Waals surface area contributed by atoms with Crippen molar-refractivity contribution in [3.8, 4) is 5.69 Å². The number of carbonyl (C=O) groups is 1. The van der Waals surface area contributed by atoms with Crippen molar-refractivity contribution < 1.29 is 9.53 Å². The smallest absolute Gasteiger partial charge is 0.227 e. The van der Waals surface area contributed by atoms with Gasteiger partial charge in [-0.15, -0.1) is 21.5 Å². The van der Waals surface area contributed by atoms with Gasteiger partial charge >= 0.3 is 0 Å². The molecule has 6 nitrogen and oxygen atoms in total. The summed E-state index contributed by atoms with van der Waals surface area (Å²) in [6, 6.07) is 11.7. The highest BCUT2D eigenvalue weighted by Gasteiger charge is 2.29. The first-order chi connectivity index (χ1) is 12.3. The molecule has 4 rings (SSSR count). The molecule has 0 bridgehead atoms. The first kappa shape index (κ1) is 16.0. The SMILES string of the molecule is O=C(Nc1ccc(-n2cnnc2)cc1)C1CCOC(c2cccs2)C1. The Bertz CT molecular complexity index is 815. The first-order valence-corrected chi connectivity index (χ1v) is 9.08. The van der Waals surface area contributed by atoms with Gasteiger partial charge in [-0.25, -0.2) is 0 Å². The zero-order valence-electron chi connectivity index (χ0n) is 13.5. The van der Waals surface area contributed by atoms with Crippen LogP contribution in [0.1, 0.15) is 23.8 Å². The fraction of sp³-hybridized carbons (Fsp3) is 0.278. The van der Waals surface area contributed by atoms with Crippen molar-refractivity contribution in [2.75, 3.05) is 11.9 Å². The third-order valence-corrected chi connectivity index (χ3v) is 5.33. The van der Waals surface area contributed by atoms with Crippen LogP contribution >= 0.6 is 11.3 Å². The van der Waals surface area contributed by atoms with Gasteiger partial charge < -0.3 is 10.1 Å². The summed E-state index contributed by atoms with van der Waals surface area (Å²) in [7, 11) is 0. The third-order valence-electron chi connectivity index (χ3n) is 4.37. The van der Waals surface area contributed by atoms with E-state index in [1.165, 1.54) is 4.88 Å². The van der Waals surface area contributed by atoms with Crippen LogP contribution in [0.15, 0.2) is 54.4 Å². The zero-order chi connectivity index (χ0) is 17.1. The van der Waals surface area contributed by atoms with Crippen molar-refractivity contribution in [3.63, 3.8) is 0 Å². The molecule has 1 fully saturated rings. The molecule has 1 aliphatic heterocycles. The normalized spacial score (nSPS) is 20.3. The number of amides is 1. The van der Waals surface area contributed by atoms with Crippen LogP contribution < -0.4 is 5.32 Å². The number of nitrogens with zero attached hydrogens (tertiary/aromatic N) is 3. The maximum Gasteiger partial charge on any atom is 0.227 e. The molecule has 3 heterocycles. The number of anilines is 1. The van der Waals surface area contributed by atoms with Gasteiger partial charge in [0, 0.05) is 28.8 Å². The fourth-order valence-corrected chi connectivity index (χ4v) is 3.79. The molecule has 0 saturated carbocycles. The van der Waals surface area contributed by atoms with E-state index in [1.54, 1.807) is 24.0 Å². The van der Waals surface area contributed by atoms with Crippen molar-refractivity contribution in [3.05, 3.63) is 59.3 Å². The minimum absolute atomic E-state index is 0.0283. The predicted molar refractivity (Wildman–Crippen MR) is 95.7 cm³/mol. The van der Waals surface area contributed by atoms with Crippen LogP contribution in [-0.2, 0) is 9.53 Å². The van der Waals surface area contributed by atoms with E-state index in [0.29, 0.717) is 6.61 Å². The average molecular weight is 354 g/mol. The van der Waals surface area contributed by atoms with E-state index < -0.39 is 0 Å². The van der Waals surface area contributed by atoms with Gasteiger partial charge in [0.2, 0.25) is 5.91 Å². The number of carbonyl (C=O) groups excluding carboxylic acids is 1. The van der Waals surface area contributed by atoms with E-state index in [1.807, 2.05) is 40.3 Å². The minimum Gasteiger partial charge on any atom is -0.373 e. The topological polar surface area (TPSA) is 69.0 Å². The van der Waals surface area contributed by atoms with Crippen LogP contribution in [0, 0.1) is 5.92 Å². The van der Waals surface area contributed by atoms with Crippen LogP contribution in [0.3, 0.4) is 0 Å². The number of aromatic nitrogens is 3. The number of ether oxygens (including phenoxy) is 1. The molecule has 25 heavy (non-hydrogen) atoms. The van der Waals surface area contributed by atoms with Crippen LogP contribution in [-0.4, -0.2) is 27.3 Å². The van der Waals surface area contributed by atoms with Crippen molar-refractivity contribution in [2.45, 2.75) is 18.9 Å². The summed E-state index contributed by atoms with van der Waals surface area (Å²) in [5.74, 6) is 0.0280. The summed E-state index contributed by atoms with van der Waals surface area (Å²) in [6.45, 7) is 0.618. The maximum atomic E-state index is 12.6. The molecule has 0 radical (unpaired) electrons. The number of hydrogen-bond acceptors (Lipinski definition) is 5. The number of hydrogen-bond donors (Lipinski definition) is 1. The summed E-state index contributed by atoms with van der Waals surface area (Å²) >= 11 is 1.68. The van der Waals surface area contributed by atoms with E-state index in [9.17, 15) is 4.79 Å². The Hall–Kier alpha value is -2.51. The Morgan fingerprint density at radius 2 is 2.00 bits per heavy atom. The number of rotatable bonds is 4. The Morgan fingerprint density at radius 1 is 1.20 bits per heavy atom. The summed E-state index contributed by atoms with van der Waals surface area (Å²) in [4.78, 5) is 13.8. The molecule has 128 valence electrons. The second kappa shape index (κ2) is 7.16. The summed E-state index contributed by atoms with van der Waals surface area (Å²) in [6.07, 6.45) is 4.79. The van der Waals surface area contributed by atoms with Gasteiger partial charge in [-0.05, 0) is 48.6 Å². The van der Waals surface area contributed by atoms with E-state index >= 15 is 0 Å². The van der Waals surface area contributed by atoms with Gasteiger partial charge in [0.15, 0.2) is 0 Å². The first-order valence-electron chi connectivity index (χ1n) is 8.20. The lowest BCUT2D eigenvalue weighted by Gasteiger charge is -2.28. The van der Waals surface area contributed by atoms with Gasteiger partial charge in [0.1, 0.15) is 12.7 Å². The van der Waals surface area contributed by atoms with E-state index in [4.69, 9.17) is 4.74 Å². The lowest BCUT2D eigenvalue weighted by Crippen LogP contribution is -2.30. The van der Waals surface area contributed by atoms with E-state index in [-0.39, 0.29) is 17.9 Å². The molecule has 2 atom stereocenters. The van der Waals surface area contributed by atoms with Crippen LogP contribution in [0.25, 0.3) is 5.69 Å². The third kappa shape index (κ3) is 3.62. The van der Waals surface area contributed by atoms with Gasteiger partial charge in [-0.2, -0.15) is 0 Å². The number of benzene rings is 1. The maximum absolute atomic E-state index is 12.6. The monoisotopic (exact) mass is 354 g/mol. The zero-order valence-corrected chi connectivity index (χ0v) is 14.4. The van der Waals surface area contributed by atoms with Crippen LogP contribution in [0.2, 0.25) is 0 Å². The van der Waals surface area contributed by atoms with Gasteiger partial charge in [-0.1, -0.05) is 6.07 Å². The van der Waals surface area contributed by atoms with Crippen molar-refractivity contribution in [1.82, 2.24) is 14.8 Å². The van der Waals surface area contributed by atoms with Crippen molar-refractivity contribution in [2.24, 2.45) is 5.92 Å². The van der Waals surface area contributed by atoms with Crippen LogP contribution in [0.5, 0.6) is 0 Å². The largest absolute Gasteiger partial charge is 0.373 e. The highest BCUT2D eigenvalue weighted by molar-refractivity contribution is 7.10. The van der Waals surface area contributed by atoms with Gasteiger partial charge in [-0.3, -0.25) is 9.36 Å². The van der Waals surface area contributed by atoms with Gasteiger partial charge in [0.05, 0.1) is 6.10 Å². The molecule has 1 aliphatic rings. The molecule has 2 unspecified atom stereocenters. The van der Waals surface area contributed by atoms with E-state index in [2.05, 4.69) is 21.6 Å². The molecule has 0 aliphatic carbocycles. The fourth-order valence-electron chi connectivity index (χ4n) is 3.00. The molecule has 1 amide bonds. The second-order valence-corrected chi connectivity index (χ2v) is 6.98. The molecule has 2 aromatic heterocycles. The molecule has 0 spiro atoms. The highest BCUT2D eigenvalue weighted by Crippen LogP contribution is 2.34. The Morgan fingerprint density at radius 3 is 2.72 bits per heavy atom. The lowest BCUT2D eigenvalue weighted by molar-refractivity contribution is -0.124. The molecule has 1 N–H and O–H groups in total. The molecule has 3 aromatic rings. The summed E-state index contributed by atoms with van der Waals surface area (Å²) < 4.78 is 7.64. The van der Waals surface area contributed by atoms with Crippen molar-refractivity contribution >= 4 is 22.9 Å². The Labute approximate surface area is 149 Å². The molecule has 1 aromatic carbocycles. The molecule has 7 heteroatoms. The molecular weight excluding hydrogens is 336 g/mol.